The lowest BCUT2D eigenvalue weighted by atomic mass is 9.93. The van der Waals surface area contributed by atoms with Gasteiger partial charge in [-0.25, -0.2) is 4.98 Å². The van der Waals surface area contributed by atoms with Gasteiger partial charge < -0.3 is 19.6 Å². The van der Waals surface area contributed by atoms with Crippen molar-refractivity contribution in [1.29, 1.82) is 0 Å². The number of likely N-dealkylation sites (tertiary alicyclic amines) is 1. The zero-order chi connectivity index (χ0) is 17.7. The highest BCUT2D eigenvalue weighted by Crippen LogP contribution is 2.26. The number of hydrogen-bond donors (Lipinski definition) is 1. The van der Waals surface area contributed by atoms with Crippen molar-refractivity contribution in [2.45, 2.75) is 44.1 Å². The fourth-order valence-electron chi connectivity index (χ4n) is 3.89. The predicted octanol–water partition coefficient (Wildman–Crippen LogP) is 1.73. The first kappa shape index (κ1) is 18.5. The third-order valence-electron chi connectivity index (χ3n) is 5.53. The molecule has 1 aromatic rings. The van der Waals surface area contributed by atoms with Crippen LogP contribution in [-0.2, 0) is 11.2 Å². The molecule has 0 saturated carbocycles. The molecule has 25 heavy (non-hydrogen) atoms. The molecular formula is C19H32N4O2. The van der Waals surface area contributed by atoms with E-state index < -0.39 is 5.60 Å². The third-order valence-corrected chi connectivity index (χ3v) is 5.53. The minimum absolute atomic E-state index is 0.550. The summed E-state index contributed by atoms with van der Waals surface area (Å²) >= 11 is 0. The Morgan fingerprint density at radius 3 is 2.68 bits per heavy atom. The first-order valence-electron chi connectivity index (χ1n) is 9.55. The molecule has 0 radical (unpaired) electrons. The summed E-state index contributed by atoms with van der Waals surface area (Å²) in [6.45, 7) is 4.32. The van der Waals surface area contributed by atoms with Crippen molar-refractivity contribution in [2.24, 2.45) is 5.92 Å². The van der Waals surface area contributed by atoms with Gasteiger partial charge in [0.25, 0.3) is 0 Å². The molecule has 6 heteroatoms. The second-order valence-electron chi connectivity index (χ2n) is 7.87. The molecule has 0 spiro atoms. The van der Waals surface area contributed by atoms with E-state index in [9.17, 15) is 5.11 Å². The average molecular weight is 348 g/mol. The van der Waals surface area contributed by atoms with E-state index in [0.717, 1.165) is 50.4 Å². The highest BCUT2D eigenvalue weighted by molar-refractivity contribution is 5.32. The summed E-state index contributed by atoms with van der Waals surface area (Å²) in [7, 11) is 3.96. The van der Waals surface area contributed by atoms with Gasteiger partial charge in [-0.1, -0.05) is 0 Å². The van der Waals surface area contributed by atoms with E-state index in [1.54, 1.807) is 0 Å². The van der Waals surface area contributed by atoms with Gasteiger partial charge >= 0.3 is 0 Å². The van der Waals surface area contributed by atoms with Crippen LogP contribution >= 0.6 is 0 Å². The number of anilines is 1. The normalized spacial score (nSPS) is 24.7. The Morgan fingerprint density at radius 1 is 1.20 bits per heavy atom. The molecule has 0 aliphatic carbocycles. The van der Waals surface area contributed by atoms with E-state index in [2.05, 4.69) is 14.9 Å². The summed E-state index contributed by atoms with van der Waals surface area (Å²) in [5.74, 6) is 1.56. The zero-order valence-corrected chi connectivity index (χ0v) is 15.7. The van der Waals surface area contributed by atoms with Crippen molar-refractivity contribution in [3.05, 3.63) is 18.1 Å². The van der Waals surface area contributed by atoms with Crippen molar-refractivity contribution in [3.63, 3.8) is 0 Å². The van der Waals surface area contributed by atoms with E-state index in [1.165, 1.54) is 19.3 Å². The van der Waals surface area contributed by atoms with E-state index in [-0.39, 0.29) is 0 Å². The zero-order valence-electron chi connectivity index (χ0n) is 15.7. The van der Waals surface area contributed by atoms with Gasteiger partial charge in [0, 0.05) is 46.7 Å². The predicted molar refractivity (Wildman–Crippen MR) is 98.8 cm³/mol. The van der Waals surface area contributed by atoms with Crippen molar-refractivity contribution in [3.8, 4) is 0 Å². The molecule has 2 aliphatic heterocycles. The average Bonchev–Trinajstić information content (AvgIpc) is 2.81. The van der Waals surface area contributed by atoms with E-state index >= 15 is 0 Å². The van der Waals surface area contributed by atoms with Crippen molar-refractivity contribution >= 4 is 5.82 Å². The number of ether oxygens (including phenoxy) is 1. The number of β-amino-alcohol motifs (C(OH)–C–C–N with tert-alkyl or cyclic N) is 1. The van der Waals surface area contributed by atoms with Crippen LogP contribution in [-0.4, -0.2) is 72.5 Å². The van der Waals surface area contributed by atoms with Crippen molar-refractivity contribution in [1.82, 2.24) is 14.9 Å². The monoisotopic (exact) mass is 348 g/mol. The summed E-state index contributed by atoms with van der Waals surface area (Å²) in [5, 5.41) is 10.7. The molecule has 3 heterocycles. The molecule has 140 valence electrons. The number of nitrogens with zero attached hydrogens (tertiary/aromatic N) is 4. The van der Waals surface area contributed by atoms with Crippen LogP contribution in [0.1, 0.15) is 37.8 Å². The second-order valence-corrected chi connectivity index (χ2v) is 7.87. The molecule has 2 saturated heterocycles. The maximum absolute atomic E-state index is 10.7. The molecule has 1 N–H and O–H groups in total. The summed E-state index contributed by atoms with van der Waals surface area (Å²) in [6.07, 6.45) is 9.91. The maximum Gasteiger partial charge on any atom is 0.146 e. The Balaban J connectivity index is 1.49. The highest BCUT2D eigenvalue weighted by Gasteiger charge is 2.32. The van der Waals surface area contributed by atoms with Crippen molar-refractivity contribution in [2.75, 3.05) is 51.8 Å². The lowest BCUT2D eigenvalue weighted by molar-refractivity contribution is -0.0795. The van der Waals surface area contributed by atoms with Gasteiger partial charge in [0.2, 0.25) is 0 Å². The lowest BCUT2D eigenvalue weighted by Crippen LogP contribution is -2.47. The van der Waals surface area contributed by atoms with Crippen LogP contribution in [0.3, 0.4) is 0 Å². The summed E-state index contributed by atoms with van der Waals surface area (Å²) < 4.78 is 5.39. The first-order chi connectivity index (χ1) is 12.0. The van der Waals surface area contributed by atoms with Crippen LogP contribution in [0.5, 0.6) is 0 Å². The van der Waals surface area contributed by atoms with Crippen LogP contribution in [0.15, 0.2) is 12.4 Å². The lowest BCUT2D eigenvalue weighted by Gasteiger charge is -2.36. The minimum atomic E-state index is -0.550. The molecule has 2 aliphatic rings. The second kappa shape index (κ2) is 8.43. The standard InChI is InChI=1S/C19H32N4O2/c1-22(2)18-14-20-17(13-21-18)12-16-4-3-8-23(9-5-16)15-19(24)6-10-25-11-7-19/h13-14,16,24H,3-12,15H2,1-2H3/t16-/m1/s1. The van der Waals surface area contributed by atoms with Crippen LogP contribution in [0.4, 0.5) is 5.82 Å². The summed E-state index contributed by atoms with van der Waals surface area (Å²) in [4.78, 5) is 13.5. The SMILES string of the molecule is CN(C)c1cnc(C[C@@H]2CCCN(CC3(O)CCOCC3)CC2)cn1. The van der Waals surface area contributed by atoms with Gasteiger partial charge in [-0.05, 0) is 44.7 Å². The third kappa shape index (κ3) is 5.36. The van der Waals surface area contributed by atoms with Crippen LogP contribution in [0, 0.1) is 5.92 Å². The molecule has 3 rings (SSSR count). The van der Waals surface area contributed by atoms with E-state index in [1.807, 2.05) is 31.4 Å². The number of hydrogen-bond acceptors (Lipinski definition) is 6. The maximum atomic E-state index is 10.7. The molecule has 0 amide bonds. The van der Waals surface area contributed by atoms with Gasteiger partial charge in [-0.2, -0.15) is 0 Å². The molecule has 2 fully saturated rings. The van der Waals surface area contributed by atoms with Crippen LogP contribution in [0.25, 0.3) is 0 Å². The minimum Gasteiger partial charge on any atom is -0.388 e. The molecule has 1 atom stereocenters. The van der Waals surface area contributed by atoms with Gasteiger partial charge in [-0.3, -0.25) is 4.98 Å². The smallest absolute Gasteiger partial charge is 0.146 e. The molecule has 6 nitrogen and oxygen atoms in total. The van der Waals surface area contributed by atoms with Gasteiger partial charge in [0.05, 0.1) is 23.7 Å². The molecular weight excluding hydrogens is 316 g/mol. The number of aliphatic hydroxyl groups is 1. The Morgan fingerprint density at radius 2 is 2.00 bits per heavy atom. The van der Waals surface area contributed by atoms with Crippen LogP contribution in [0.2, 0.25) is 0 Å². The fourth-order valence-corrected chi connectivity index (χ4v) is 3.89. The van der Waals surface area contributed by atoms with Gasteiger partial charge in [-0.15, -0.1) is 0 Å². The summed E-state index contributed by atoms with van der Waals surface area (Å²) in [6, 6.07) is 0. The quantitative estimate of drug-likeness (QED) is 0.874. The molecule has 0 bridgehead atoms. The Bertz CT molecular complexity index is 529. The highest BCUT2D eigenvalue weighted by atomic mass is 16.5. The van der Waals surface area contributed by atoms with E-state index in [0.29, 0.717) is 19.1 Å². The topological polar surface area (TPSA) is 61.7 Å². The molecule has 0 aromatic carbocycles. The molecule has 1 aromatic heterocycles. The van der Waals surface area contributed by atoms with Gasteiger partial charge in [0.15, 0.2) is 0 Å². The van der Waals surface area contributed by atoms with E-state index in [4.69, 9.17) is 4.74 Å². The Labute approximate surface area is 151 Å². The molecule has 0 unspecified atom stereocenters. The Hall–Kier alpha value is -1.24. The first-order valence-corrected chi connectivity index (χ1v) is 9.55. The van der Waals surface area contributed by atoms with Crippen molar-refractivity contribution < 1.29 is 9.84 Å². The number of aromatic nitrogens is 2. The number of rotatable bonds is 5. The largest absolute Gasteiger partial charge is 0.388 e. The van der Waals surface area contributed by atoms with Crippen LogP contribution < -0.4 is 4.90 Å². The fraction of sp³-hybridized carbons (Fsp3) is 0.789. The summed E-state index contributed by atoms with van der Waals surface area (Å²) in [5.41, 5.74) is 0.540. The Kier molecular flexibility index (Phi) is 6.25. The van der Waals surface area contributed by atoms with Gasteiger partial charge in [0.1, 0.15) is 5.82 Å².